The minimum absolute atomic E-state index is 0.298. The molecule has 0 saturated heterocycles. The van der Waals surface area contributed by atoms with Gasteiger partial charge in [-0.15, -0.1) is 0 Å². The van der Waals surface area contributed by atoms with Crippen molar-refractivity contribution in [3.8, 4) is 0 Å². The van der Waals surface area contributed by atoms with Gasteiger partial charge in [0, 0.05) is 0 Å². The van der Waals surface area contributed by atoms with E-state index in [4.69, 9.17) is 0 Å². The van der Waals surface area contributed by atoms with Crippen LogP contribution in [0.2, 0.25) is 0 Å². The van der Waals surface area contributed by atoms with Gasteiger partial charge in [0.2, 0.25) is 0 Å². The van der Waals surface area contributed by atoms with E-state index in [9.17, 15) is 4.79 Å². The summed E-state index contributed by atoms with van der Waals surface area (Å²) in [6.45, 7) is 0. The van der Waals surface area contributed by atoms with Gasteiger partial charge in [-0.25, -0.2) is 0 Å². The Morgan fingerprint density at radius 3 is 1.93 bits per heavy atom. The SMILES string of the molecule is O=C([Te]c1ccccc1)c1ccccc1. The van der Waals surface area contributed by atoms with Gasteiger partial charge >= 0.3 is 99.4 Å². The van der Waals surface area contributed by atoms with Crippen LogP contribution in [0.4, 0.5) is 0 Å². The molecule has 15 heavy (non-hydrogen) atoms. The molecular formula is C13H10OTe. The average Bonchev–Trinajstić information content (AvgIpc) is 2.31. The van der Waals surface area contributed by atoms with Gasteiger partial charge in [-0.2, -0.15) is 0 Å². The Morgan fingerprint density at radius 1 is 0.800 bits per heavy atom. The molecule has 0 heterocycles. The molecule has 0 radical (unpaired) electrons. The molecule has 0 spiro atoms. The Morgan fingerprint density at radius 2 is 1.33 bits per heavy atom. The predicted octanol–water partition coefficient (Wildman–Crippen LogP) is 1.86. The quantitative estimate of drug-likeness (QED) is 0.791. The molecular weight excluding hydrogens is 300 g/mol. The third kappa shape index (κ3) is 2.92. The van der Waals surface area contributed by atoms with E-state index in [1.807, 2.05) is 60.7 Å². The van der Waals surface area contributed by atoms with Crippen LogP contribution in [0.15, 0.2) is 60.7 Å². The molecule has 0 unspecified atom stereocenters. The van der Waals surface area contributed by atoms with Crippen molar-refractivity contribution in [2.45, 2.75) is 0 Å². The molecule has 0 bridgehead atoms. The van der Waals surface area contributed by atoms with Gasteiger partial charge in [-0.3, -0.25) is 0 Å². The van der Waals surface area contributed by atoms with Gasteiger partial charge in [0.1, 0.15) is 0 Å². The molecule has 0 aromatic heterocycles. The summed E-state index contributed by atoms with van der Waals surface area (Å²) in [5.41, 5.74) is 0.837. The van der Waals surface area contributed by atoms with E-state index in [0.717, 1.165) is 5.56 Å². The van der Waals surface area contributed by atoms with E-state index in [-0.39, 0.29) is 0 Å². The second-order valence-electron chi connectivity index (χ2n) is 3.07. The molecule has 2 heteroatoms. The second-order valence-corrected chi connectivity index (χ2v) is 6.05. The Hall–Kier alpha value is -1.10. The number of hydrogen-bond donors (Lipinski definition) is 0. The fourth-order valence-corrected chi connectivity index (χ4v) is 3.40. The summed E-state index contributed by atoms with van der Waals surface area (Å²) >= 11 is -0.741. The van der Waals surface area contributed by atoms with Crippen LogP contribution in [-0.4, -0.2) is 24.8 Å². The fourth-order valence-electron chi connectivity index (χ4n) is 1.23. The fraction of sp³-hybridized carbons (Fsp3) is 0. The van der Waals surface area contributed by atoms with Crippen LogP contribution in [0, 0.1) is 0 Å². The maximum absolute atomic E-state index is 11.9. The zero-order valence-electron chi connectivity index (χ0n) is 8.09. The summed E-state index contributed by atoms with van der Waals surface area (Å²) in [5.74, 6) is 0. The van der Waals surface area contributed by atoms with Crippen LogP contribution < -0.4 is 3.61 Å². The second kappa shape index (κ2) is 5.11. The normalized spacial score (nSPS) is 9.87. The van der Waals surface area contributed by atoms with E-state index < -0.39 is 20.9 Å². The summed E-state index contributed by atoms with van der Waals surface area (Å²) < 4.78 is 1.49. The first-order chi connectivity index (χ1) is 7.36. The maximum atomic E-state index is 11.9. The van der Waals surface area contributed by atoms with Gasteiger partial charge < -0.3 is 0 Å². The van der Waals surface area contributed by atoms with Crippen LogP contribution in [0.25, 0.3) is 0 Å². The average molecular weight is 310 g/mol. The van der Waals surface area contributed by atoms with Gasteiger partial charge in [0.25, 0.3) is 0 Å². The van der Waals surface area contributed by atoms with Crippen molar-refractivity contribution < 1.29 is 4.79 Å². The molecule has 2 rings (SSSR count). The van der Waals surface area contributed by atoms with Crippen LogP contribution in [0.5, 0.6) is 0 Å². The number of benzene rings is 2. The van der Waals surface area contributed by atoms with Crippen LogP contribution in [-0.2, 0) is 0 Å². The third-order valence-corrected chi connectivity index (χ3v) is 4.61. The van der Waals surface area contributed by atoms with E-state index in [0.29, 0.717) is 3.83 Å². The summed E-state index contributed by atoms with van der Waals surface area (Å²) in [4.78, 5) is 11.9. The van der Waals surface area contributed by atoms with Gasteiger partial charge in [0.15, 0.2) is 0 Å². The van der Waals surface area contributed by atoms with Gasteiger partial charge in [-0.05, 0) is 0 Å². The van der Waals surface area contributed by atoms with Crippen molar-refractivity contribution >= 4 is 28.4 Å². The zero-order chi connectivity index (χ0) is 10.5. The monoisotopic (exact) mass is 312 g/mol. The Balaban J connectivity index is 2.12. The van der Waals surface area contributed by atoms with Crippen molar-refractivity contribution in [1.29, 1.82) is 0 Å². The molecule has 2 aromatic carbocycles. The molecule has 0 amide bonds. The van der Waals surface area contributed by atoms with Gasteiger partial charge in [0.05, 0.1) is 0 Å². The molecule has 0 saturated carbocycles. The Labute approximate surface area is 99.2 Å². The molecule has 2 aromatic rings. The zero-order valence-corrected chi connectivity index (χ0v) is 10.4. The van der Waals surface area contributed by atoms with E-state index in [2.05, 4.69) is 0 Å². The van der Waals surface area contributed by atoms with Crippen LogP contribution in [0.3, 0.4) is 0 Å². The molecule has 0 N–H and O–H groups in total. The summed E-state index contributed by atoms with van der Waals surface area (Å²) in [6, 6.07) is 19.5. The molecule has 74 valence electrons. The number of carbonyl (C=O) groups excluding carboxylic acids is 1. The first-order valence-electron chi connectivity index (χ1n) is 4.68. The van der Waals surface area contributed by atoms with E-state index in [1.165, 1.54) is 3.61 Å². The molecule has 0 fully saturated rings. The minimum atomic E-state index is -0.741. The summed E-state index contributed by atoms with van der Waals surface area (Å²) in [6.07, 6.45) is 0. The van der Waals surface area contributed by atoms with Gasteiger partial charge in [-0.1, -0.05) is 0 Å². The molecule has 0 atom stereocenters. The van der Waals surface area contributed by atoms with Crippen molar-refractivity contribution in [1.82, 2.24) is 0 Å². The van der Waals surface area contributed by atoms with Crippen molar-refractivity contribution in [2.75, 3.05) is 0 Å². The summed E-state index contributed by atoms with van der Waals surface area (Å²) in [7, 11) is 0. The first kappa shape index (κ1) is 10.4. The van der Waals surface area contributed by atoms with Crippen LogP contribution in [0.1, 0.15) is 10.4 Å². The van der Waals surface area contributed by atoms with Crippen molar-refractivity contribution in [3.05, 3.63) is 66.2 Å². The van der Waals surface area contributed by atoms with Crippen LogP contribution >= 0.6 is 0 Å². The standard InChI is InChI=1S/C13H10OTe/c14-13(11-7-3-1-4-8-11)15-12-9-5-2-6-10-12/h1-10H. The molecule has 0 aliphatic carbocycles. The van der Waals surface area contributed by atoms with E-state index >= 15 is 0 Å². The van der Waals surface area contributed by atoms with Crippen molar-refractivity contribution in [2.24, 2.45) is 0 Å². The Kier molecular flexibility index (Phi) is 3.55. The third-order valence-electron chi connectivity index (χ3n) is 1.96. The van der Waals surface area contributed by atoms with E-state index in [1.54, 1.807) is 0 Å². The molecule has 0 aliphatic heterocycles. The first-order valence-corrected chi connectivity index (χ1v) is 7.01. The number of rotatable bonds is 3. The number of carbonyl (C=O) groups is 1. The topological polar surface area (TPSA) is 17.1 Å². The molecule has 0 aliphatic rings. The van der Waals surface area contributed by atoms with Crippen molar-refractivity contribution in [3.63, 3.8) is 0 Å². The molecule has 1 nitrogen and oxygen atoms in total. The predicted molar refractivity (Wildman–Crippen MR) is 62.6 cm³/mol. The summed E-state index contributed by atoms with van der Waals surface area (Å²) in [5, 5.41) is 0. The Bertz CT molecular complexity index is 437. The number of hydrogen-bond acceptors (Lipinski definition) is 1.